The highest BCUT2D eigenvalue weighted by molar-refractivity contribution is 7.99. The van der Waals surface area contributed by atoms with E-state index in [2.05, 4.69) is 10.2 Å². The van der Waals surface area contributed by atoms with E-state index in [0.717, 1.165) is 22.9 Å². The van der Waals surface area contributed by atoms with E-state index >= 15 is 0 Å². The van der Waals surface area contributed by atoms with Gasteiger partial charge < -0.3 is 9.32 Å². The summed E-state index contributed by atoms with van der Waals surface area (Å²) >= 11 is 1.14. The maximum atomic E-state index is 13.7. The zero-order chi connectivity index (χ0) is 18.5. The molecular weight excluding hydrogens is 353 g/mol. The van der Waals surface area contributed by atoms with Crippen LogP contribution in [0.1, 0.15) is 11.1 Å². The molecule has 134 valence electrons. The number of benzene rings is 2. The van der Waals surface area contributed by atoms with Crippen molar-refractivity contribution in [3.8, 4) is 11.5 Å². The number of hydrogen-bond donors (Lipinski definition) is 0. The Morgan fingerprint density at radius 2 is 1.88 bits per heavy atom. The summed E-state index contributed by atoms with van der Waals surface area (Å²) in [7, 11) is 1.76. The number of carbonyl (C=O) groups is 1. The zero-order valence-electron chi connectivity index (χ0n) is 14.5. The van der Waals surface area contributed by atoms with E-state index in [1.54, 1.807) is 30.1 Å². The molecule has 0 saturated carbocycles. The summed E-state index contributed by atoms with van der Waals surface area (Å²) in [6, 6.07) is 14.1. The van der Waals surface area contributed by atoms with Gasteiger partial charge in [-0.05, 0) is 30.2 Å². The lowest BCUT2D eigenvalue weighted by Crippen LogP contribution is -2.28. The Hall–Kier alpha value is -2.67. The van der Waals surface area contributed by atoms with Crippen molar-refractivity contribution in [3.05, 3.63) is 65.5 Å². The molecule has 0 spiro atoms. The topological polar surface area (TPSA) is 59.2 Å². The van der Waals surface area contributed by atoms with Crippen molar-refractivity contribution in [3.63, 3.8) is 0 Å². The van der Waals surface area contributed by atoms with E-state index in [-0.39, 0.29) is 28.3 Å². The Labute approximate surface area is 155 Å². The smallest absolute Gasteiger partial charge is 0.277 e. The lowest BCUT2D eigenvalue weighted by Gasteiger charge is -2.17. The monoisotopic (exact) mass is 371 g/mol. The Morgan fingerprint density at radius 1 is 1.15 bits per heavy atom. The molecule has 0 radical (unpaired) electrons. The van der Waals surface area contributed by atoms with Gasteiger partial charge in [0.2, 0.25) is 5.91 Å². The minimum Gasteiger partial charge on any atom is -0.411 e. The van der Waals surface area contributed by atoms with Crippen LogP contribution in [0.4, 0.5) is 4.39 Å². The van der Waals surface area contributed by atoms with Crippen LogP contribution in [0.2, 0.25) is 0 Å². The summed E-state index contributed by atoms with van der Waals surface area (Å²) in [5.74, 6) is -0.210. The van der Waals surface area contributed by atoms with Gasteiger partial charge in [-0.1, -0.05) is 48.2 Å². The summed E-state index contributed by atoms with van der Waals surface area (Å²) < 4.78 is 19.2. The molecule has 0 N–H and O–H groups in total. The van der Waals surface area contributed by atoms with Crippen molar-refractivity contribution in [1.82, 2.24) is 15.1 Å². The lowest BCUT2D eigenvalue weighted by atomic mass is 10.1. The van der Waals surface area contributed by atoms with Crippen LogP contribution in [0, 0.1) is 12.7 Å². The molecule has 0 aliphatic carbocycles. The number of aromatic nitrogens is 2. The SMILES string of the molecule is Cc1ccccc1CN(C)C(=O)CSc1nnc(-c2ccccc2F)o1. The van der Waals surface area contributed by atoms with Gasteiger partial charge in [0, 0.05) is 13.6 Å². The fraction of sp³-hybridized carbons (Fsp3) is 0.211. The molecule has 1 heterocycles. The fourth-order valence-electron chi connectivity index (χ4n) is 2.38. The molecule has 0 unspecified atom stereocenters. The molecule has 26 heavy (non-hydrogen) atoms. The normalized spacial score (nSPS) is 10.7. The van der Waals surface area contributed by atoms with Gasteiger partial charge >= 0.3 is 0 Å². The summed E-state index contributed by atoms with van der Waals surface area (Å²) in [6.07, 6.45) is 0. The van der Waals surface area contributed by atoms with E-state index < -0.39 is 5.82 Å². The van der Waals surface area contributed by atoms with E-state index in [0.29, 0.717) is 6.54 Å². The number of thioether (sulfide) groups is 1. The third-order valence-corrected chi connectivity index (χ3v) is 4.73. The minimum atomic E-state index is -0.429. The molecule has 3 rings (SSSR count). The predicted molar refractivity (Wildman–Crippen MR) is 98.1 cm³/mol. The van der Waals surface area contributed by atoms with Gasteiger partial charge in [-0.3, -0.25) is 4.79 Å². The van der Waals surface area contributed by atoms with Crippen molar-refractivity contribution in [1.29, 1.82) is 0 Å². The van der Waals surface area contributed by atoms with Crippen molar-refractivity contribution < 1.29 is 13.6 Å². The molecule has 0 fully saturated rings. The first-order valence-corrected chi connectivity index (χ1v) is 9.03. The molecule has 0 bridgehead atoms. The van der Waals surface area contributed by atoms with Crippen LogP contribution in [-0.2, 0) is 11.3 Å². The maximum Gasteiger partial charge on any atom is 0.277 e. The van der Waals surface area contributed by atoms with Gasteiger partial charge in [0.05, 0.1) is 11.3 Å². The van der Waals surface area contributed by atoms with E-state index in [1.165, 1.54) is 6.07 Å². The first kappa shape index (κ1) is 18.1. The van der Waals surface area contributed by atoms with E-state index in [9.17, 15) is 9.18 Å². The van der Waals surface area contributed by atoms with Crippen molar-refractivity contribution in [2.75, 3.05) is 12.8 Å². The van der Waals surface area contributed by atoms with Gasteiger partial charge in [-0.25, -0.2) is 4.39 Å². The van der Waals surface area contributed by atoms with Gasteiger partial charge in [-0.15, -0.1) is 10.2 Å². The number of hydrogen-bond acceptors (Lipinski definition) is 5. The largest absolute Gasteiger partial charge is 0.411 e. The molecule has 2 aromatic carbocycles. The second-order valence-corrected chi connectivity index (χ2v) is 6.74. The number of nitrogens with zero attached hydrogens (tertiary/aromatic N) is 3. The average molecular weight is 371 g/mol. The standard InChI is InChI=1S/C19H18FN3O2S/c1-13-7-3-4-8-14(13)11-23(2)17(24)12-26-19-22-21-18(25-19)15-9-5-6-10-16(15)20/h3-10H,11-12H2,1-2H3. The second-order valence-electron chi connectivity index (χ2n) is 5.82. The molecule has 1 aromatic heterocycles. The Morgan fingerprint density at radius 3 is 2.65 bits per heavy atom. The van der Waals surface area contributed by atoms with Crippen LogP contribution < -0.4 is 0 Å². The highest BCUT2D eigenvalue weighted by atomic mass is 32.2. The third-order valence-electron chi connectivity index (χ3n) is 3.92. The Bertz CT molecular complexity index is 913. The summed E-state index contributed by atoms with van der Waals surface area (Å²) in [5.41, 5.74) is 2.49. The van der Waals surface area contributed by atoms with Crippen LogP contribution in [0.5, 0.6) is 0 Å². The first-order chi connectivity index (χ1) is 12.5. The van der Waals surface area contributed by atoms with Gasteiger partial charge in [-0.2, -0.15) is 0 Å². The second kappa shape index (κ2) is 8.14. The number of aryl methyl sites for hydroxylation is 1. The van der Waals surface area contributed by atoms with Gasteiger partial charge in [0.1, 0.15) is 5.82 Å². The number of halogens is 1. The molecule has 3 aromatic rings. The van der Waals surface area contributed by atoms with Crippen molar-refractivity contribution in [2.24, 2.45) is 0 Å². The number of carbonyl (C=O) groups excluding carboxylic acids is 1. The Balaban J connectivity index is 1.58. The molecule has 0 saturated heterocycles. The van der Waals surface area contributed by atoms with Crippen LogP contribution in [0.3, 0.4) is 0 Å². The van der Waals surface area contributed by atoms with Crippen molar-refractivity contribution in [2.45, 2.75) is 18.7 Å². The average Bonchev–Trinajstić information content (AvgIpc) is 3.10. The number of amides is 1. The molecule has 0 aliphatic rings. The summed E-state index contributed by atoms with van der Waals surface area (Å²) in [5, 5.41) is 7.96. The van der Waals surface area contributed by atoms with Gasteiger partial charge in [0.25, 0.3) is 11.1 Å². The maximum absolute atomic E-state index is 13.7. The summed E-state index contributed by atoms with van der Waals surface area (Å²) in [6.45, 7) is 2.56. The molecule has 5 nitrogen and oxygen atoms in total. The van der Waals surface area contributed by atoms with E-state index in [4.69, 9.17) is 4.42 Å². The van der Waals surface area contributed by atoms with Crippen LogP contribution in [0.25, 0.3) is 11.5 Å². The quantitative estimate of drug-likeness (QED) is 0.615. The van der Waals surface area contributed by atoms with Crippen LogP contribution in [0.15, 0.2) is 58.2 Å². The molecule has 7 heteroatoms. The molecule has 0 aliphatic heterocycles. The van der Waals surface area contributed by atoms with E-state index in [1.807, 2.05) is 31.2 Å². The number of rotatable bonds is 6. The molecule has 0 atom stereocenters. The summed E-state index contributed by atoms with van der Waals surface area (Å²) in [4.78, 5) is 14.0. The highest BCUT2D eigenvalue weighted by Crippen LogP contribution is 2.25. The molecular formula is C19H18FN3O2S. The zero-order valence-corrected chi connectivity index (χ0v) is 15.3. The fourth-order valence-corrected chi connectivity index (χ4v) is 3.08. The first-order valence-electron chi connectivity index (χ1n) is 8.04. The Kier molecular flexibility index (Phi) is 5.68. The molecule has 1 amide bonds. The van der Waals surface area contributed by atoms with Gasteiger partial charge in [0.15, 0.2) is 0 Å². The van der Waals surface area contributed by atoms with Crippen molar-refractivity contribution >= 4 is 17.7 Å². The minimum absolute atomic E-state index is 0.0519. The predicted octanol–water partition coefficient (Wildman–Crippen LogP) is 3.93. The highest BCUT2D eigenvalue weighted by Gasteiger charge is 2.16. The van der Waals surface area contributed by atoms with Crippen LogP contribution in [-0.4, -0.2) is 33.8 Å². The van der Waals surface area contributed by atoms with Crippen LogP contribution >= 0.6 is 11.8 Å². The lowest BCUT2D eigenvalue weighted by molar-refractivity contribution is -0.127. The third kappa shape index (κ3) is 4.29.